The number of hydrogen-bond donors (Lipinski definition) is 2. The summed E-state index contributed by atoms with van der Waals surface area (Å²) in [6.45, 7) is 5.59. The van der Waals surface area contributed by atoms with Gasteiger partial charge in [-0.15, -0.1) is 0 Å². The number of anilines is 1. The van der Waals surface area contributed by atoms with Gasteiger partial charge in [-0.1, -0.05) is 49.4 Å². The first-order chi connectivity index (χ1) is 12.2. The summed E-state index contributed by atoms with van der Waals surface area (Å²) in [5, 5.41) is 2.96. The molecule has 134 valence electrons. The van der Waals surface area contributed by atoms with Crippen LogP contribution in [0.15, 0.2) is 54.6 Å². The molecule has 25 heavy (non-hydrogen) atoms. The lowest BCUT2D eigenvalue weighted by Gasteiger charge is -2.21. The van der Waals surface area contributed by atoms with Crippen LogP contribution in [0.5, 0.6) is 0 Å². The van der Waals surface area contributed by atoms with Crippen LogP contribution in [0.4, 0.5) is 5.69 Å². The highest BCUT2D eigenvalue weighted by atomic mass is 16.1. The zero-order valence-electron chi connectivity index (χ0n) is 15.1. The highest BCUT2D eigenvalue weighted by Gasteiger charge is 2.08. The molecule has 0 heterocycles. The van der Waals surface area contributed by atoms with Crippen molar-refractivity contribution in [2.75, 3.05) is 18.4 Å². The van der Waals surface area contributed by atoms with Gasteiger partial charge in [0.2, 0.25) is 5.91 Å². The summed E-state index contributed by atoms with van der Waals surface area (Å²) in [6, 6.07) is 18.2. The van der Waals surface area contributed by atoms with Crippen LogP contribution in [-0.2, 0) is 17.9 Å². The molecule has 0 fully saturated rings. The minimum Gasteiger partial charge on any atom is -0.326 e. The van der Waals surface area contributed by atoms with Gasteiger partial charge in [-0.2, -0.15) is 0 Å². The lowest BCUT2D eigenvalue weighted by molar-refractivity contribution is -0.116. The summed E-state index contributed by atoms with van der Waals surface area (Å²) in [6.07, 6.45) is 2.50. The van der Waals surface area contributed by atoms with E-state index in [9.17, 15) is 4.79 Å². The molecule has 0 aromatic heterocycles. The molecule has 0 spiro atoms. The number of carbonyl (C=O) groups excluding carboxylic acids is 1. The average Bonchev–Trinajstić information content (AvgIpc) is 2.63. The number of carbonyl (C=O) groups is 1. The predicted molar refractivity (Wildman–Crippen MR) is 104 cm³/mol. The molecule has 4 heteroatoms. The summed E-state index contributed by atoms with van der Waals surface area (Å²) >= 11 is 0. The molecule has 0 aliphatic heterocycles. The molecule has 0 aliphatic carbocycles. The van der Waals surface area contributed by atoms with Crippen LogP contribution in [0.1, 0.15) is 37.3 Å². The Hall–Kier alpha value is -2.17. The van der Waals surface area contributed by atoms with E-state index in [1.807, 2.05) is 30.3 Å². The van der Waals surface area contributed by atoms with Crippen molar-refractivity contribution in [1.82, 2.24) is 4.90 Å². The predicted octanol–water partition coefficient (Wildman–Crippen LogP) is 3.78. The Bertz CT molecular complexity index is 643. The van der Waals surface area contributed by atoms with Crippen LogP contribution < -0.4 is 11.1 Å². The van der Waals surface area contributed by atoms with Gasteiger partial charge in [0.1, 0.15) is 0 Å². The molecule has 0 unspecified atom stereocenters. The lowest BCUT2D eigenvalue weighted by Crippen LogP contribution is -2.26. The van der Waals surface area contributed by atoms with E-state index in [1.165, 1.54) is 5.56 Å². The first kappa shape index (κ1) is 19.2. The fraction of sp³-hybridized carbons (Fsp3) is 0.381. The van der Waals surface area contributed by atoms with Gasteiger partial charge in [0.15, 0.2) is 0 Å². The van der Waals surface area contributed by atoms with Crippen LogP contribution in [0, 0.1) is 0 Å². The monoisotopic (exact) mass is 339 g/mol. The summed E-state index contributed by atoms with van der Waals surface area (Å²) in [7, 11) is 0. The normalized spacial score (nSPS) is 10.8. The molecule has 3 N–H and O–H groups in total. The lowest BCUT2D eigenvalue weighted by atomic mass is 10.2. The minimum absolute atomic E-state index is 0.0605. The number of benzene rings is 2. The molecular formula is C21H29N3O. The second kappa shape index (κ2) is 10.6. The molecule has 0 bridgehead atoms. The molecule has 2 aromatic rings. The maximum atomic E-state index is 12.1. The van der Waals surface area contributed by atoms with Crippen molar-refractivity contribution in [3.63, 3.8) is 0 Å². The molecule has 0 saturated carbocycles. The van der Waals surface area contributed by atoms with Crippen LogP contribution >= 0.6 is 0 Å². The SMILES string of the molecule is CCCN(CCCC(=O)Nc1cccc(CN)c1)Cc1ccccc1. The van der Waals surface area contributed by atoms with E-state index in [0.29, 0.717) is 13.0 Å². The van der Waals surface area contributed by atoms with Crippen LogP contribution in [0.25, 0.3) is 0 Å². The van der Waals surface area contributed by atoms with Crippen molar-refractivity contribution in [3.05, 3.63) is 65.7 Å². The van der Waals surface area contributed by atoms with E-state index in [-0.39, 0.29) is 5.91 Å². The van der Waals surface area contributed by atoms with Crippen molar-refractivity contribution in [1.29, 1.82) is 0 Å². The zero-order valence-corrected chi connectivity index (χ0v) is 15.1. The van der Waals surface area contributed by atoms with E-state index < -0.39 is 0 Å². The van der Waals surface area contributed by atoms with Crippen LogP contribution in [0.3, 0.4) is 0 Å². The molecular weight excluding hydrogens is 310 g/mol. The Morgan fingerprint density at radius 3 is 2.52 bits per heavy atom. The van der Waals surface area contributed by atoms with Crippen molar-refractivity contribution < 1.29 is 4.79 Å². The highest BCUT2D eigenvalue weighted by Crippen LogP contribution is 2.11. The highest BCUT2D eigenvalue weighted by molar-refractivity contribution is 5.90. The largest absolute Gasteiger partial charge is 0.326 e. The van der Waals surface area contributed by atoms with Gasteiger partial charge in [-0.05, 0) is 49.2 Å². The van der Waals surface area contributed by atoms with E-state index in [4.69, 9.17) is 5.73 Å². The van der Waals surface area contributed by atoms with E-state index in [0.717, 1.165) is 43.7 Å². The van der Waals surface area contributed by atoms with Gasteiger partial charge >= 0.3 is 0 Å². The topological polar surface area (TPSA) is 58.4 Å². The Morgan fingerprint density at radius 1 is 1.04 bits per heavy atom. The van der Waals surface area contributed by atoms with Crippen molar-refractivity contribution in [2.24, 2.45) is 5.73 Å². The quantitative estimate of drug-likeness (QED) is 0.692. The Morgan fingerprint density at radius 2 is 1.80 bits per heavy atom. The molecule has 0 radical (unpaired) electrons. The standard InChI is InChI=1S/C21H29N3O/c1-2-13-24(17-18-8-4-3-5-9-18)14-7-12-21(25)23-20-11-6-10-19(15-20)16-22/h3-6,8-11,15H,2,7,12-14,16-17,22H2,1H3,(H,23,25). The Balaban J connectivity index is 1.77. The third-order valence-corrected chi connectivity index (χ3v) is 4.11. The van der Waals surface area contributed by atoms with Gasteiger partial charge in [-0.25, -0.2) is 0 Å². The zero-order chi connectivity index (χ0) is 17.9. The molecule has 2 rings (SSSR count). The van der Waals surface area contributed by atoms with E-state index in [2.05, 4.69) is 41.4 Å². The first-order valence-electron chi connectivity index (χ1n) is 9.06. The average molecular weight is 339 g/mol. The van der Waals surface area contributed by atoms with Crippen molar-refractivity contribution in [2.45, 2.75) is 39.3 Å². The summed E-state index contributed by atoms with van der Waals surface area (Å²) < 4.78 is 0. The third-order valence-electron chi connectivity index (χ3n) is 4.11. The minimum atomic E-state index is 0.0605. The molecule has 1 amide bonds. The fourth-order valence-electron chi connectivity index (χ4n) is 2.89. The van der Waals surface area contributed by atoms with E-state index in [1.54, 1.807) is 0 Å². The second-order valence-corrected chi connectivity index (χ2v) is 6.32. The maximum absolute atomic E-state index is 12.1. The molecule has 0 aliphatic rings. The molecule has 0 atom stereocenters. The summed E-state index contributed by atoms with van der Waals surface area (Å²) in [5.41, 5.74) is 8.80. The number of nitrogens with one attached hydrogen (secondary N) is 1. The van der Waals surface area contributed by atoms with Gasteiger partial charge in [0.05, 0.1) is 0 Å². The Kier molecular flexibility index (Phi) is 8.16. The Labute approximate surface area is 151 Å². The van der Waals surface area contributed by atoms with Crippen molar-refractivity contribution >= 4 is 11.6 Å². The van der Waals surface area contributed by atoms with Crippen LogP contribution in [-0.4, -0.2) is 23.9 Å². The second-order valence-electron chi connectivity index (χ2n) is 6.32. The van der Waals surface area contributed by atoms with Gasteiger partial charge in [-0.3, -0.25) is 9.69 Å². The third kappa shape index (κ3) is 7.08. The maximum Gasteiger partial charge on any atom is 0.224 e. The number of hydrogen-bond acceptors (Lipinski definition) is 3. The molecule has 0 saturated heterocycles. The number of rotatable bonds is 10. The molecule has 2 aromatic carbocycles. The van der Waals surface area contributed by atoms with Crippen LogP contribution in [0.2, 0.25) is 0 Å². The molecule has 4 nitrogen and oxygen atoms in total. The fourth-order valence-corrected chi connectivity index (χ4v) is 2.89. The van der Waals surface area contributed by atoms with Gasteiger partial charge in [0, 0.05) is 25.2 Å². The smallest absolute Gasteiger partial charge is 0.224 e. The number of amides is 1. The summed E-state index contributed by atoms with van der Waals surface area (Å²) in [5.74, 6) is 0.0605. The number of nitrogens with two attached hydrogens (primary N) is 1. The van der Waals surface area contributed by atoms with Gasteiger partial charge < -0.3 is 11.1 Å². The first-order valence-corrected chi connectivity index (χ1v) is 9.06. The number of nitrogens with zero attached hydrogens (tertiary/aromatic N) is 1. The van der Waals surface area contributed by atoms with E-state index >= 15 is 0 Å². The summed E-state index contributed by atoms with van der Waals surface area (Å²) in [4.78, 5) is 14.6. The van der Waals surface area contributed by atoms with Crippen molar-refractivity contribution in [3.8, 4) is 0 Å². The van der Waals surface area contributed by atoms with Gasteiger partial charge in [0.25, 0.3) is 0 Å².